The van der Waals surface area contributed by atoms with Crippen molar-refractivity contribution in [3.05, 3.63) is 17.5 Å². The Bertz CT molecular complexity index is 475. The van der Waals surface area contributed by atoms with Crippen molar-refractivity contribution in [1.29, 1.82) is 0 Å². The maximum absolute atomic E-state index is 12.7. The number of aryl methyl sites for hydroxylation is 1. The van der Waals surface area contributed by atoms with Gasteiger partial charge in [-0.3, -0.25) is 4.68 Å². The molecule has 1 heterocycles. The number of alkyl carbamates (subject to hydrolysis) is 1. The van der Waals surface area contributed by atoms with E-state index in [0.717, 1.165) is 10.9 Å². The Labute approximate surface area is 115 Å². The minimum absolute atomic E-state index is 0.0900. The molecule has 0 saturated heterocycles. The lowest BCUT2D eigenvalue weighted by Gasteiger charge is -2.19. The summed E-state index contributed by atoms with van der Waals surface area (Å²) in [7, 11) is 1.41. The molecule has 0 aliphatic rings. The molecule has 114 valence electrons. The summed E-state index contributed by atoms with van der Waals surface area (Å²) < 4.78 is 44.0. The maximum Gasteiger partial charge on any atom is 0.419 e. The van der Waals surface area contributed by atoms with Crippen molar-refractivity contribution in [3.8, 4) is 0 Å². The number of hydrogen-bond acceptors (Lipinski definition) is 3. The van der Waals surface area contributed by atoms with Crippen LogP contribution in [0.5, 0.6) is 0 Å². The van der Waals surface area contributed by atoms with E-state index < -0.39 is 23.4 Å². The van der Waals surface area contributed by atoms with Crippen molar-refractivity contribution < 1.29 is 22.7 Å². The topological polar surface area (TPSA) is 56.1 Å². The van der Waals surface area contributed by atoms with Crippen LogP contribution in [0.15, 0.2) is 6.20 Å². The number of hydrogen-bond donors (Lipinski definition) is 1. The van der Waals surface area contributed by atoms with E-state index in [2.05, 4.69) is 10.4 Å². The Morgan fingerprint density at radius 2 is 2.00 bits per heavy atom. The summed E-state index contributed by atoms with van der Waals surface area (Å²) in [6, 6.07) is 0. The first kappa shape index (κ1) is 16.3. The second-order valence-corrected chi connectivity index (χ2v) is 5.42. The van der Waals surface area contributed by atoms with Crippen LogP contribution in [0.3, 0.4) is 0 Å². The number of aromatic nitrogens is 2. The van der Waals surface area contributed by atoms with E-state index in [1.54, 1.807) is 20.8 Å². The summed E-state index contributed by atoms with van der Waals surface area (Å²) in [6.45, 7) is 5.15. The first-order valence-electron chi connectivity index (χ1n) is 6.04. The molecule has 8 heteroatoms. The Morgan fingerprint density at radius 1 is 1.40 bits per heavy atom. The van der Waals surface area contributed by atoms with Crippen molar-refractivity contribution >= 4 is 6.09 Å². The molecule has 1 aromatic rings. The number of halogens is 3. The van der Waals surface area contributed by atoms with Gasteiger partial charge >= 0.3 is 12.3 Å². The Hall–Kier alpha value is -1.73. The van der Waals surface area contributed by atoms with Gasteiger partial charge in [-0.2, -0.15) is 18.3 Å². The quantitative estimate of drug-likeness (QED) is 0.931. The molecule has 0 saturated carbocycles. The highest BCUT2D eigenvalue weighted by Gasteiger charge is 2.35. The van der Waals surface area contributed by atoms with Gasteiger partial charge in [0.15, 0.2) is 0 Å². The molecule has 0 aromatic carbocycles. The maximum atomic E-state index is 12.7. The van der Waals surface area contributed by atoms with Crippen LogP contribution in [0, 0.1) is 0 Å². The molecule has 0 aliphatic carbocycles. The molecule has 1 rings (SSSR count). The van der Waals surface area contributed by atoms with E-state index in [1.807, 2.05) is 0 Å². The number of rotatable bonds is 3. The van der Waals surface area contributed by atoms with Crippen molar-refractivity contribution in [2.75, 3.05) is 6.61 Å². The van der Waals surface area contributed by atoms with Gasteiger partial charge in [0.2, 0.25) is 0 Å². The van der Waals surface area contributed by atoms with Gasteiger partial charge in [-0.1, -0.05) is 0 Å². The van der Waals surface area contributed by atoms with Gasteiger partial charge in [0.1, 0.15) is 0 Å². The number of carbonyl (C=O) groups is 1. The number of nitrogens with zero attached hydrogens (tertiary/aromatic N) is 2. The molecule has 5 nitrogen and oxygen atoms in total. The number of carbonyl (C=O) groups excluding carboxylic acids is 1. The van der Waals surface area contributed by atoms with E-state index in [1.165, 1.54) is 7.05 Å². The Kier molecular flexibility index (Phi) is 4.67. The van der Waals surface area contributed by atoms with Crippen LogP contribution in [0.1, 0.15) is 32.0 Å². The fraction of sp³-hybridized carbons (Fsp3) is 0.667. The van der Waals surface area contributed by atoms with Gasteiger partial charge in [-0.15, -0.1) is 0 Å². The molecule has 0 fully saturated rings. The first-order valence-corrected chi connectivity index (χ1v) is 6.04. The van der Waals surface area contributed by atoms with E-state index in [0.29, 0.717) is 0 Å². The fourth-order valence-corrected chi connectivity index (χ4v) is 1.54. The monoisotopic (exact) mass is 293 g/mol. The summed E-state index contributed by atoms with van der Waals surface area (Å²) in [5.74, 6) is 0. The lowest BCUT2D eigenvalue weighted by molar-refractivity contribution is -0.138. The van der Waals surface area contributed by atoms with Gasteiger partial charge < -0.3 is 10.1 Å². The lowest BCUT2D eigenvalue weighted by atomic mass is 10.1. The molecule has 0 aliphatic heterocycles. The van der Waals surface area contributed by atoms with Gasteiger partial charge in [0, 0.05) is 25.2 Å². The number of alkyl halides is 3. The molecule has 0 unspecified atom stereocenters. The number of amides is 1. The normalized spacial score (nSPS) is 12.3. The van der Waals surface area contributed by atoms with Crippen molar-refractivity contribution in [2.45, 2.75) is 38.9 Å². The molecule has 1 amide bonds. The van der Waals surface area contributed by atoms with Crippen molar-refractivity contribution in [1.82, 2.24) is 15.1 Å². The smallest absolute Gasteiger partial charge is 0.419 e. The highest BCUT2D eigenvalue weighted by Crippen LogP contribution is 2.31. The van der Waals surface area contributed by atoms with E-state index >= 15 is 0 Å². The Morgan fingerprint density at radius 3 is 2.50 bits per heavy atom. The number of ether oxygens (including phenoxy) is 1. The summed E-state index contributed by atoms with van der Waals surface area (Å²) in [6.07, 6.45) is -4.31. The third-order valence-electron chi connectivity index (χ3n) is 2.26. The highest BCUT2D eigenvalue weighted by molar-refractivity contribution is 5.68. The summed E-state index contributed by atoms with van der Waals surface area (Å²) in [5.41, 5.74) is -1.40. The SMILES string of the molecule is Cn1cc(C(F)(F)F)c(CCOC(=O)NC(C)(C)C)n1. The molecule has 0 radical (unpaired) electrons. The van der Waals surface area contributed by atoms with E-state index in [-0.39, 0.29) is 18.7 Å². The minimum atomic E-state index is -4.46. The molecular weight excluding hydrogens is 275 g/mol. The molecule has 1 aromatic heterocycles. The van der Waals surface area contributed by atoms with E-state index in [4.69, 9.17) is 4.74 Å². The van der Waals surface area contributed by atoms with Crippen LogP contribution in [0.2, 0.25) is 0 Å². The predicted octanol–water partition coefficient (Wildman–Crippen LogP) is 2.51. The lowest BCUT2D eigenvalue weighted by Crippen LogP contribution is -2.41. The van der Waals surface area contributed by atoms with Crippen molar-refractivity contribution in [3.63, 3.8) is 0 Å². The summed E-state index contributed by atoms with van der Waals surface area (Å²) in [4.78, 5) is 11.4. The van der Waals surface area contributed by atoms with Crippen molar-refractivity contribution in [2.24, 2.45) is 7.05 Å². The predicted molar refractivity (Wildman–Crippen MR) is 66.2 cm³/mol. The Balaban J connectivity index is 2.57. The van der Waals surface area contributed by atoms with Gasteiger partial charge in [0.25, 0.3) is 0 Å². The van der Waals surface area contributed by atoms with Crippen LogP contribution in [-0.4, -0.2) is 28.0 Å². The molecule has 0 spiro atoms. The number of nitrogens with one attached hydrogen (secondary N) is 1. The van der Waals surface area contributed by atoms with Gasteiger partial charge in [-0.05, 0) is 20.8 Å². The van der Waals surface area contributed by atoms with Crippen LogP contribution in [-0.2, 0) is 24.4 Å². The van der Waals surface area contributed by atoms with Crippen LogP contribution in [0.4, 0.5) is 18.0 Å². The molecule has 0 bridgehead atoms. The molecule has 1 N–H and O–H groups in total. The standard InChI is InChI=1S/C12H18F3N3O2/c1-11(2,3)16-10(19)20-6-5-9-8(12(13,14)15)7-18(4)17-9/h7H,5-6H2,1-4H3,(H,16,19). The third kappa shape index (κ3) is 5.10. The van der Waals surface area contributed by atoms with E-state index in [9.17, 15) is 18.0 Å². The average Bonchev–Trinajstić information content (AvgIpc) is 2.56. The second-order valence-electron chi connectivity index (χ2n) is 5.42. The largest absolute Gasteiger partial charge is 0.449 e. The zero-order chi connectivity index (χ0) is 15.6. The zero-order valence-corrected chi connectivity index (χ0v) is 11.8. The zero-order valence-electron chi connectivity index (χ0n) is 11.8. The molecule has 0 atom stereocenters. The molecule has 20 heavy (non-hydrogen) atoms. The second kappa shape index (κ2) is 5.72. The highest BCUT2D eigenvalue weighted by atomic mass is 19.4. The van der Waals surface area contributed by atoms with Crippen LogP contribution in [0.25, 0.3) is 0 Å². The van der Waals surface area contributed by atoms with Crippen LogP contribution >= 0.6 is 0 Å². The summed E-state index contributed by atoms with van der Waals surface area (Å²) in [5, 5.41) is 6.28. The fourth-order valence-electron chi connectivity index (χ4n) is 1.54. The summed E-state index contributed by atoms with van der Waals surface area (Å²) >= 11 is 0. The first-order chi connectivity index (χ1) is 8.99. The van der Waals surface area contributed by atoms with Gasteiger partial charge in [-0.25, -0.2) is 4.79 Å². The van der Waals surface area contributed by atoms with Gasteiger partial charge in [0.05, 0.1) is 17.9 Å². The average molecular weight is 293 g/mol. The third-order valence-corrected chi connectivity index (χ3v) is 2.26. The minimum Gasteiger partial charge on any atom is -0.449 e. The molecular formula is C12H18F3N3O2. The van der Waals surface area contributed by atoms with Crippen LogP contribution < -0.4 is 5.32 Å².